The van der Waals surface area contributed by atoms with Crippen molar-refractivity contribution in [2.75, 3.05) is 5.73 Å². The zero-order valence-electron chi connectivity index (χ0n) is 9.59. The van der Waals surface area contributed by atoms with Crippen molar-refractivity contribution in [3.8, 4) is 17.2 Å². The normalized spacial score (nSPS) is 9.89. The molecule has 0 fully saturated rings. The second-order valence-corrected chi connectivity index (χ2v) is 3.77. The molecule has 0 spiro atoms. The van der Waals surface area contributed by atoms with Crippen molar-refractivity contribution < 1.29 is 14.3 Å². The van der Waals surface area contributed by atoms with Crippen molar-refractivity contribution in [3.63, 3.8) is 0 Å². The third kappa shape index (κ3) is 2.35. The van der Waals surface area contributed by atoms with Crippen LogP contribution in [0.4, 0.5) is 10.2 Å². The van der Waals surface area contributed by atoms with Gasteiger partial charge in [-0.2, -0.15) is 5.26 Å². The summed E-state index contributed by atoms with van der Waals surface area (Å²) < 4.78 is 13.7. The van der Waals surface area contributed by atoms with Crippen molar-refractivity contribution in [1.29, 1.82) is 5.26 Å². The van der Waals surface area contributed by atoms with Crippen LogP contribution >= 0.6 is 0 Å². The van der Waals surface area contributed by atoms with Gasteiger partial charge in [0.1, 0.15) is 17.2 Å². The molecule has 0 saturated heterocycles. The van der Waals surface area contributed by atoms with Gasteiger partial charge in [0, 0.05) is 17.3 Å². The Bertz CT molecular complexity index is 708. The molecule has 0 aliphatic heterocycles. The molecule has 0 aliphatic carbocycles. The zero-order chi connectivity index (χ0) is 14.0. The molecule has 0 bridgehead atoms. The summed E-state index contributed by atoms with van der Waals surface area (Å²) in [6.07, 6.45) is 1.27. The van der Waals surface area contributed by atoms with E-state index < -0.39 is 11.8 Å². The van der Waals surface area contributed by atoms with Crippen LogP contribution in [0.15, 0.2) is 30.5 Å². The van der Waals surface area contributed by atoms with Crippen LogP contribution in [0.5, 0.6) is 0 Å². The topological polar surface area (TPSA) is 100 Å². The molecule has 19 heavy (non-hydrogen) atoms. The van der Waals surface area contributed by atoms with Crippen molar-refractivity contribution in [2.45, 2.75) is 0 Å². The molecule has 3 N–H and O–H groups in total. The van der Waals surface area contributed by atoms with Crippen LogP contribution in [0.1, 0.15) is 15.9 Å². The van der Waals surface area contributed by atoms with Crippen molar-refractivity contribution in [2.24, 2.45) is 0 Å². The summed E-state index contributed by atoms with van der Waals surface area (Å²) in [5.41, 5.74) is 5.84. The summed E-state index contributed by atoms with van der Waals surface area (Å²) in [5.74, 6) is -1.96. The molecule has 0 radical (unpaired) electrons. The van der Waals surface area contributed by atoms with Crippen LogP contribution in [-0.4, -0.2) is 16.1 Å². The maximum atomic E-state index is 13.7. The monoisotopic (exact) mass is 257 g/mol. The largest absolute Gasteiger partial charge is 0.478 e. The first-order valence-corrected chi connectivity index (χ1v) is 5.21. The lowest BCUT2D eigenvalue weighted by atomic mass is 10.0. The van der Waals surface area contributed by atoms with E-state index in [1.807, 2.05) is 6.07 Å². The Morgan fingerprint density at radius 3 is 2.79 bits per heavy atom. The molecule has 0 amide bonds. The van der Waals surface area contributed by atoms with Gasteiger partial charge in [-0.3, -0.25) is 0 Å². The highest BCUT2D eigenvalue weighted by Gasteiger charge is 2.13. The second-order valence-electron chi connectivity index (χ2n) is 3.77. The van der Waals surface area contributed by atoms with Gasteiger partial charge in [-0.25, -0.2) is 14.2 Å². The Morgan fingerprint density at radius 1 is 1.42 bits per heavy atom. The van der Waals surface area contributed by atoms with Crippen molar-refractivity contribution in [3.05, 3.63) is 47.4 Å². The van der Waals surface area contributed by atoms with E-state index in [0.717, 1.165) is 6.07 Å². The van der Waals surface area contributed by atoms with Gasteiger partial charge >= 0.3 is 5.97 Å². The van der Waals surface area contributed by atoms with Crippen LogP contribution in [0.2, 0.25) is 0 Å². The number of carbonyl (C=O) groups is 1. The fraction of sp³-hybridized carbons (Fsp3) is 0. The number of anilines is 1. The smallest absolute Gasteiger partial charge is 0.339 e. The van der Waals surface area contributed by atoms with Gasteiger partial charge in [0.25, 0.3) is 0 Å². The van der Waals surface area contributed by atoms with E-state index in [2.05, 4.69) is 4.98 Å². The molecular weight excluding hydrogens is 249 g/mol. The Morgan fingerprint density at radius 2 is 2.16 bits per heavy atom. The minimum absolute atomic E-state index is 0.106. The number of nitrogens with zero attached hydrogens (tertiary/aromatic N) is 2. The van der Waals surface area contributed by atoms with Gasteiger partial charge in [-0.15, -0.1) is 0 Å². The highest BCUT2D eigenvalue weighted by molar-refractivity contribution is 5.94. The number of aromatic carboxylic acids is 1. The average Bonchev–Trinajstić information content (AvgIpc) is 2.40. The van der Waals surface area contributed by atoms with Gasteiger partial charge in [0.15, 0.2) is 0 Å². The molecule has 0 aliphatic rings. The highest BCUT2D eigenvalue weighted by atomic mass is 19.1. The van der Waals surface area contributed by atoms with Crippen LogP contribution < -0.4 is 5.73 Å². The van der Waals surface area contributed by atoms with Crippen LogP contribution in [-0.2, 0) is 0 Å². The number of nitrogen functional groups attached to an aromatic ring is 1. The lowest BCUT2D eigenvalue weighted by Crippen LogP contribution is -2.05. The molecule has 0 atom stereocenters. The number of hydrogen-bond donors (Lipinski definition) is 2. The fourth-order valence-corrected chi connectivity index (χ4v) is 1.61. The predicted molar refractivity (Wildman–Crippen MR) is 65.7 cm³/mol. The number of nitriles is 1. The molecule has 5 nitrogen and oxygen atoms in total. The molecular formula is C13H8FN3O2. The van der Waals surface area contributed by atoms with Crippen molar-refractivity contribution >= 4 is 11.8 Å². The average molecular weight is 257 g/mol. The summed E-state index contributed by atoms with van der Waals surface area (Å²) >= 11 is 0. The molecule has 94 valence electrons. The van der Waals surface area contributed by atoms with Crippen LogP contribution in [0.25, 0.3) is 11.1 Å². The van der Waals surface area contributed by atoms with E-state index in [0.29, 0.717) is 0 Å². The predicted octanol–water partition coefficient (Wildman–Crippen LogP) is 2.04. The maximum absolute atomic E-state index is 13.7. The molecule has 0 unspecified atom stereocenters. The number of hydrogen-bond acceptors (Lipinski definition) is 4. The third-order valence-electron chi connectivity index (χ3n) is 2.56. The van der Waals surface area contributed by atoms with Crippen LogP contribution in [0, 0.1) is 17.1 Å². The number of aromatic nitrogens is 1. The summed E-state index contributed by atoms with van der Waals surface area (Å²) in [5, 5.41) is 17.7. The molecule has 1 aromatic heterocycles. The number of nitrogens with two attached hydrogens (primary N) is 1. The molecule has 2 rings (SSSR count). The summed E-state index contributed by atoms with van der Waals surface area (Å²) in [6, 6.07) is 6.92. The van der Waals surface area contributed by atoms with E-state index in [9.17, 15) is 9.18 Å². The second kappa shape index (κ2) is 4.74. The number of halogens is 1. The van der Waals surface area contributed by atoms with Crippen LogP contribution in [0.3, 0.4) is 0 Å². The third-order valence-corrected chi connectivity index (χ3v) is 2.56. The standard InChI is InChI=1S/C13H8FN3O2/c14-11-2-1-7(5-15)3-9(11)8-4-10(13(18)19)12(16)17-6-8/h1-4,6H,(H2,16,17)(H,18,19). The first-order valence-electron chi connectivity index (χ1n) is 5.21. The van der Waals surface area contributed by atoms with Gasteiger partial charge < -0.3 is 10.8 Å². The molecule has 6 heteroatoms. The van der Waals surface area contributed by atoms with Gasteiger partial charge in [0.2, 0.25) is 0 Å². The Balaban J connectivity index is 2.63. The molecule has 1 heterocycles. The zero-order valence-corrected chi connectivity index (χ0v) is 9.59. The van der Waals surface area contributed by atoms with E-state index in [1.54, 1.807) is 0 Å². The molecule has 0 saturated carbocycles. The maximum Gasteiger partial charge on any atom is 0.339 e. The minimum atomic E-state index is -1.25. The quantitative estimate of drug-likeness (QED) is 0.857. The fourth-order valence-electron chi connectivity index (χ4n) is 1.61. The molecule has 2 aromatic rings. The number of carboxylic acids is 1. The molecule has 1 aromatic carbocycles. The lowest BCUT2D eigenvalue weighted by Gasteiger charge is -2.06. The Labute approximate surface area is 107 Å². The number of rotatable bonds is 2. The van der Waals surface area contributed by atoms with E-state index in [-0.39, 0.29) is 28.1 Å². The van der Waals surface area contributed by atoms with Crippen molar-refractivity contribution in [1.82, 2.24) is 4.98 Å². The van der Waals surface area contributed by atoms with E-state index >= 15 is 0 Å². The lowest BCUT2D eigenvalue weighted by molar-refractivity contribution is 0.0697. The van der Waals surface area contributed by atoms with E-state index in [1.165, 1.54) is 24.4 Å². The van der Waals surface area contributed by atoms with Gasteiger partial charge in [0.05, 0.1) is 11.6 Å². The number of pyridine rings is 1. The first-order chi connectivity index (χ1) is 9.02. The van der Waals surface area contributed by atoms with Gasteiger partial charge in [-0.05, 0) is 24.3 Å². The Kier molecular flexibility index (Phi) is 3.12. The summed E-state index contributed by atoms with van der Waals surface area (Å²) in [7, 11) is 0. The number of carboxylic acid groups (broad SMARTS) is 1. The van der Waals surface area contributed by atoms with E-state index in [4.69, 9.17) is 16.1 Å². The SMILES string of the molecule is N#Cc1ccc(F)c(-c2cnc(N)c(C(=O)O)c2)c1. The first kappa shape index (κ1) is 12.5. The number of benzene rings is 1. The summed E-state index contributed by atoms with van der Waals surface area (Å²) in [4.78, 5) is 14.7. The van der Waals surface area contributed by atoms with Gasteiger partial charge in [-0.1, -0.05) is 0 Å². The summed E-state index contributed by atoms with van der Waals surface area (Å²) in [6.45, 7) is 0. The Hall–Kier alpha value is -2.94. The highest BCUT2D eigenvalue weighted by Crippen LogP contribution is 2.25. The minimum Gasteiger partial charge on any atom is -0.478 e.